The molecule has 8 nitrogen and oxygen atoms in total. The van der Waals surface area contributed by atoms with E-state index in [9.17, 15) is 18.0 Å². The molecule has 0 aliphatic carbocycles. The average Bonchev–Trinajstić information content (AvgIpc) is 3.04. The number of hydrogen-bond acceptors (Lipinski definition) is 5. The molecule has 0 heterocycles. The van der Waals surface area contributed by atoms with Gasteiger partial charge in [0.1, 0.15) is 18.3 Å². The van der Waals surface area contributed by atoms with Crippen LogP contribution in [0.2, 0.25) is 5.02 Å². The molecule has 0 aliphatic heterocycles. The molecule has 0 spiro atoms. The third kappa shape index (κ3) is 9.09. The second-order valence-electron chi connectivity index (χ2n) is 11.0. The van der Waals surface area contributed by atoms with Gasteiger partial charge in [-0.1, -0.05) is 92.2 Å². The maximum absolute atomic E-state index is 14.5. The van der Waals surface area contributed by atoms with Gasteiger partial charge in [-0.15, -0.1) is 0 Å². The van der Waals surface area contributed by atoms with Gasteiger partial charge in [0.25, 0.3) is 10.0 Å². The van der Waals surface area contributed by atoms with Crippen molar-refractivity contribution in [3.8, 4) is 5.75 Å². The lowest BCUT2D eigenvalue weighted by molar-refractivity contribution is -0.140. The van der Waals surface area contributed by atoms with E-state index in [2.05, 4.69) is 5.32 Å². The number of ether oxygens (including phenoxy) is 1. The van der Waals surface area contributed by atoms with Gasteiger partial charge in [0.2, 0.25) is 11.8 Å². The molecule has 1 atom stereocenters. The summed E-state index contributed by atoms with van der Waals surface area (Å²) in [5, 5.41) is 3.30. The van der Waals surface area contributed by atoms with Crippen LogP contribution in [0.1, 0.15) is 25.0 Å². The maximum Gasteiger partial charge on any atom is 0.264 e. The number of halogens is 1. The number of benzene rings is 4. The first-order valence-electron chi connectivity index (χ1n) is 14.7. The maximum atomic E-state index is 14.5. The molecule has 10 heteroatoms. The minimum absolute atomic E-state index is 0.0267. The van der Waals surface area contributed by atoms with Crippen molar-refractivity contribution in [2.45, 2.75) is 37.8 Å². The van der Waals surface area contributed by atoms with E-state index in [1.54, 1.807) is 30.3 Å². The Morgan fingerprint density at radius 2 is 1.47 bits per heavy atom. The highest BCUT2D eigenvalue weighted by Gasteiger charge is 2.34. The number of carbonyl (C=O) groups is 2. The molecule has 0 saturated carbocycles. The molecule has 1 N–H and O–H groups in total. The minimum atomic E-state index is -4.25. The van der Waals surface area contributed by atoms with Crippen molar-refractivity contribution in [2.75, 3.05) is 24.5 Å². The molecule has 236 valence electrons. The fourth-order valence-corrected chi connectivity index (χ4v) is 6.38. The number of sulfonamides is 1. The molecule has 2 amide bonds. The van der Waals surface area contributed by atoms with Gasteiger partial charge in [-0.3, -0.25) is 13.9 Å². The van der Waals surface area contributed by atoms with E-state index in [0.29, 0.717) is 17.3 Å². The zero-order chi connectivity index (χ0) is 32.4. The van der Waals surface area contributed by atoms with Crippen LogP contribution >= 0.6 is 11.6 Å². The third-order valence-corrected chi connectivity index (χ3v) is 9.20. The Hall–Kier alpha value is -4.34. The normalized spacial score (nSPS) is 11.9. The molecule has 0 unspecified atom stereocenters. The predicted molar refractivity (Wildman–Crippen MR) is 178 cm³/mol. The highest BCUT2D eigenvalue weighted by Crippen LogP contribution is 2.28. The van der Waals surface area contributed by atoms with Crippen molar-refractivity contribution < 1.29 is 22.7 Å². The monoisotopic (exact) mass is 647 g/mol. The molecule has 45 heavy (non-hydrogen) atoms. The lowest BCUT2D eigenvalue weighted by Crippen LogP contribution is -2.53. The molecule has 4 rings (SSSR count). The Morgan fingerprint density at radius 1 is 0.844 bits per heavy atom. The lowest BCUT2D eigenvalue weighted by Gasteiger charge is -2.34. The lowest BCUT2D eigenvalue weighted by atomic mass is 10.0. The predicted octanol–water partition coefficient (Wildman–Crippen LogP) is 5.96. The Bertz CT molecular complexity index is 1670. The van der Waals surface area contributed by atoms with Gasteiger partial charge in [0.05, 0.1) is 17.7 Å². The molecular weight excluding hydrogens is 610 g/mol. The third-order valence-electron chi connectivity index (χ3n) is 7.17. The van der Waals surface area contributed by atoms with Gasteiger partial charge in [0.15, 0.2) is 0 Å². The van der Waals surface area contributed by atoms with Crippen molar-refractivity contribution in [1.82, 2.24) is 10.2 Å². The standard InChI is InChI=1S/C35H38ClN3O5S/c1-26(2)23-37-35(41)33(21-27-11-6-4-7-12-27)38(24-28-13-8-5-9-14-28)34(40)25-39(30-16-10-15-29(36)22-30)45(42,43)32-19-17-31(44-3)18-20-32/h4-20,22,26,33H,21,23-25H2,1-3H3,(H,37,41)/t33-/m0/s1. The van der Waals surface area contributed by atoms with E-state index in [-0.39, 0.29) is 35.4 Å². The molecular formula is C35H38ClN3O5S. The van der Waals surface area contributed by atoms with Crippen LogP contribution in [0.4, 0.5) is 5.69 Å². The minimum Gasteiger partial charge on any atom is -0.497 e. The van der Waals surface area contributed by atoms with Gasteiger partial charge in [0, 0.05) is 24.5 Å². The summed E-state index contributed by atoms with van der Waals surface area (Å²) in [5.74, 6) is -0.178. The summed E-state index contributed by atoms with van der Waals surface area (Å²) in [6.45, 7) is 3.94. The van der Waals surface area contributed by atoms with Crippen molar-refractivity contribution in [3.05, 3.63) is 125 Å². The van der Waals surface area contributed by atoms with Crippen LogP contribution in [0.3, 0.4) is 0 Å². The molecule has 0 saturated heterocycles. The fourth-order valence-electron chi connectivity index (χ4n) is 4.79. The first kappa shape index (κ1) is 33.6. The Morgan fingerprint density at radius 3 is 2.04 bits per heavy atom. The summed E-state index contributed by atoms with van der Waals surface area (Å²) in [6, 6.07) is 30.1. The van der Waals surface area contributed by atoms with Crippen LogP contribution in [0, 0.1) is 5.92 Å². The number of amides is 2. The van der Waals surface area contributed by atoms with E-state index < -0.39 is 28.5 Å². The van der Waals surface area contributed by atoms with Gasteiger partial charge in [-0.25, -0.2) is 8.42 Å². The summed E-state index contributed by atoms with van der Waals surface area (Å²) < 4.78 is 34.5. The zero-order valence-electron chi connectivity index (χ0n) is 25.6. The average molecular weight is 648 g/mol. The van der Waals surface area contributed by atoms with E-state index in [1.165, 1.54) is 30.2 Å². The van der Waals surface area contributed by atoms with Gasteiger partial charge in [-0.05, 0) is 59.5 Å². The van der Waals surface area contributed by atoms with Crippen molar-refractivity contribution >= 4 is 39.1 Å². The van der Waals surface area contributed by atoms with Crippen molar-refractivity contribution in [2.24, 2.45) is 5.92 Å². The van der Waals surface area contributed by atoms with E-state index >= 15 is 0 Å². The summed E-state index contributed by atoms with van der Waals surface area (Å²) in [5.41, 5.74) is 1.88. The summed E-state index contributed by atoms with van der Waals surface area (Å²) >= 11 is 6.29. The number of hydrogen-bond donors (Lipinski definition) is 1. The van der Waals surface area contributed by atoms with Gasteiger partial charge >= 0.3 is 0 Å². The molecule has 0 fully saturated rings. The molecule has 0 aromatic heterocycles. The topological polar surface area (TPSA) is 96.0 Å². The van der Waals surface area contributed by atoms with Crippen LogP contribution in [-0.2, 0) is 32.6 Å². The van der Waals surface area contributed by atoms with Gasteiger partial charge in [-0.2, -0.15) is 0 Å². The second kappa shape index (κ2) is 15.6. The number of anilines is 1. The van der Waals surface area contributed by atoms with Crippen LogP contribution in [0.25, 0.3) is 0 Å². The molecule has 0 bridgehead atoms. The zero-order valence-corrected chi connectivity index (χ0v) is 27.2. The molecule has 0 radical (unpaired) electrons. The number of carbonyl (C=O) groups excluding carboxylic acids is 2. The Kier molecular flexibility index (Phi) is 11.6. The number of methoxy groups -OCH3 is 1. The van der Waals surface area contributed by atoms with Crippen LogP contribution < -0.4 is 14.4 Å². The summed E-state index contributed by atoms with van der Waals surface area (Å²) in [4.78, 5) is 29.7. The number of nitrogens with zero attached hydrogens (tertiary/aromatic N) is 2. The Balaban J connectivity index is 1.78. The quantitative estimate of drug-likeness (QED) is 0.182. The molecule has 0 aliphatic rings. The van der Waals surface area contributed by atoms with E-state index in [0.717, 1.165) is 15.4 Å². The highest BCUT2D eigenvalue weighted by atomic mass is 35.5. The highest BCUT2D eigenvalue weighted by molar-refractivity contribution is 7.92. The number of nitrogens with one attached hydrogen (secondary N) is 1. The van der Waals surface area contributed by atoms with E-state index in [4.69, 9.17) is 16.3 Å². The van der Waals surface area contributed by atoms with Crippen molar-refractivity contribution in [3.63, 3.8) is 0 Å². The van der Waals surface area contributed by atoms with Crippen LogP contribution in [0.15, 0.2) is 114 Å². The molecule has 4 aromatic rings. The summed E-state index contributed by atoms with van der Waals surface area (Å²) in [6.07, 6.45) is 0.242. The molecule has 4 aromatic carbocycles. The van der Waals surface area contributed by atoms with Gasteiger partial charge < -0.3 is 15.0 Å². The smallest absolute Gasteiger partial charge is 0.264 e. The second-order valence-corrected chi connectivity index (χ2v) is 13.3. The summed E-state index contributed by atoms with van der Waals surface area (Å²) in [7, 11) is -2.76. The van der Waals surface area contributed by atoms with E-state index in [1.807, 2.05) is 74.5 Å². The van der Waals surface area contributed by atoms with Crippen LogP contribution in [0.5, 0.6) is 5.75 Å². The Labute approximate surface area is 270 Å². The van der Waals surface area contributed by atoms with Crippen LogP contribution in [-0.4, -0.2) is 51.4 Å². The largest absolute Gasteiger partial charge is 0.497 e. The number of rotatable bonds is 14. The van der Waals surface area contributed by atoms with Crippen molar-refractivity contribution in [1.29, 1.82) is 0 Å². The first-order chi connectivity index (χ1) is 21.6. The first-order valence-corrected chi connectivity index (χ1v) is 16.5. The SMILES string of the molecule is COc1ccc(S(=O)(=O)N(CC(=O)N(Cc2ccccc2)[C@@H](Cc2ccccc2)C(=O)NCC(C)C)c2cccc(Cl)c2)cc1. The fraction of sp³-hybridized carbons (Fsp3) is 0.257.